The minimum atomic E-state index is -0.525. The SMILES string of the molecule is CC(C)(C)OC(=O)NCCC(=O)c1ccsn1. The average Bonchev–Trinajstić information content (AvgIpc) is 2.66. The molecule has 0 aromatic carbocycles. The predicted molar refractivity (Wildman–Crippen MR) is 65.3 cm³/mol. The molecule has 94 valence electrons. The largest absolute Gasteiger partial charge is 0.444 e. The number of Topliss-reactive ketones (excluding diaryl/α,β-unsaturated/α-hetero) is 1. The fraction of sp³-hybridized carbons (Fsp3) is 0.545. The van der Waals surface area contributed by atoms with Gasteiger partial charge in [0.2, 0.25) is 0 Å². The summed E-state index contributed by atoms with van der Waals surface area (Å²) in [7, 11) is 0. The molecule has 1 amide bonds. The highest BCUT2D eigenvalue weighted by Gasteiger charge is 2.16. The van der Waals surface area contributed by atoms with E-state index in [-0.39, 0.29) is 18.7 Å². The molecule has 0 aliphatic rings. The van der Waals surface area contributed by atoms with Crippen molar-refractivity contribution >= 4 is 23.4 Å². The molecule has 0 saturated carbocycles. The van der Waals surface area contributed by atoms with E-state index in [4.69, 9.17) is 4.74 Å². The van der Waals surface area contributed by atoms with Crippen LogP contribution in [0, 0.1) is 0 Å². The smallest absolute Gasteiger partial charge is 0.407 e. The Labute approximate surface area is 104 Å². The number of rotatable bonds is 4. The number of hydrogen-bond acceptors (Lipinski definition) is 5. The summed E-state index contributed by atoms with van der Waals surface area (Å²) < 4.78 is 8.96. The third kappa shape index (κ3) is 5.44. The van der Waals surface area contributed by atoms with Crippen molar-refractivity contribution in [3.05, 3.63) is 17.1 Å². The lowest BCUT2D eigenvalue weighted by atomic mass is 10.2. The predicted octanol–water partition coefficient (Wildman–Crippen LogP) is 2.24. The van der Waals surface area contributed by atoms with Crippen LogP contribution in [0.3, 0.4) is 0 Å². The topological polar surface area (TPSA) is 68.3 Å². The molecular weight excluding hydrogens is 240 g/mol. The number of nitrogens with one attached hydrogen (secondary N) is 1. The zero-order chi connectivity index (χ0) is 12.9. The van der Waals surface area contributed by atoms with Gasteiger partial charge >= 0.3 is 6.09 Å². The van der Waals surface area contributed by atoms with Gasteiger partial charge in [-0.2, -0.15) is 4.37 Å². The quantitative estimate of drug-likeness (QED) is 0.839. The van der Waals surface area contributed by atoms with Crippen molar-refractivity contribution in [2.24, 2.45) is 0 Å². The lowest BCUT2D eigenvalue weighted by Crippen LogP contribution is -2.33. The van der Waals surface area contributed by atoms with Gasteiger partial charge in [-0.05, 0) is 38.4 Å². The highest BCUT2D eigenvalue weighted by atomic mass is 32.1. The Balaban J connectivity index is 2.24. The maximum absolute atomic E-state index is 11.5. The summed E-state index contributed by atoms with van der Waals surface area (Å²) in [5.74, 6) is -0.0812. The molecule has 0 saturated heterocycles. The molecule has 1 rings (SSSR count). The summed E-state index contributed by atoms with van der Waals surface area (Å²) in [6.45, 7) is 5.61. The Hall–Kier alpha value is -1.43. The fourth-order valence-corrected chi connectivity index (χ4v) is 1.60. The highest BCUT2D eigenvalue weighted by Crippen LogP contribution is 2.06. The number of carbonyl (C=O) groups excluding carboxylic acids is 2. The molecule has 6 heteroatoms. The third-order valence-electron chi connectivity index (χ3n) is 1.74. The van der Waals surface area contributed by atoms with Crippen molar-refractivity contribution in [2.75, 3.05) is 6.54 Å². The maximum Gasteiger partial charge on any atom is 0.407 e. The Kier molecular flexibility index (Phi) is 4.62. The van der Waals surface area contributed by atoms with Gasteiger partial charge in [0.05, 0.1) is 0 Å². The number of ether oxygens (including phenoxy) is 1. The van der Waals surface area contributed by atoms with Gasteiger partial charge in [-0.25, -0.2) is 4.79 Å². The van der Waals surface area contributed by atoms with Gasteiger partial charge in [0.15, 0.2) is 5.78 Å². The van der Waals surface area contributed by atoms with Gasteiger partial charge in [-0.15, -0.1) is 0 Å². The van der Waals surface area contributed by atoms with E-state index in [9.17, 15) is 9.59 Å². The molecule has 1 aromatic heterocycles. The molecule has 0 aliphatic heterocycles. The van der Waals surface area contributed by atoms with E-state index < -0.39 is 11.7 Å². The van der Waals surface area contributed by atoms with E-state index in [1.165, 1.54) is 11.5 Å². The fourth-order valence-electron chi connectivity index (χ4n) is 1.08. The normalized spacial score (nSPS) is 11.0. The van der Waals surface area contributed by atoms with Crippen LogP contribution in [0.25, 0.3) is 0 Å². The zero-order valence-electron chi connectivity index (χ0n) is 10.1. The number of ketones is 1. The Morgan fingerprint density at radius 1 is 1.47 bits per heavy atom. The van der Waals surface area contributed by atoms with Crippen molar-refractivity contribution in [3.8, 4) is 0 Å². The number of alkyl carbamates (subject to hydrolysis) is 1. The summed E-state index contributed by atoms with van der Waals surface area (Å²) in [6, 6.07) is 1.67. The first-order valence-corrected chi connectivity index (χ1v) is 6.12. The second-order valence-corrected chi connectivity index (χ2v) is 5.15. The van der Waals surface area contributed by atoms with Crippen LogP contribution in [-0.2, 0) is 4.74 Å². The second-order valence-electron chi connectivity index (χ2n) is 4.49. The van der Waals surface area contributed by atoms with Gasteiger partial charge in [-0.1, -0.05) is 0 Å². The van der Waals surface area contributed by atoms with Gasteiger partial charge in [0.1, 0.15) is 11.3 Å². The van der Waals surface area contributed by atoms with Crippen molar-refractivity contribution in [3.63, 3.8) is 0 Å². The molecule has 0 spiro atoms. The van der Waals surface area contributed by atoms with Crippen molar-refractivity contribution in [1.82, 2.24) is 9.69 Å². The minimum Gasteiger partial charge on any atom is -0.444 e. The summed E-state index contributed by atoms with van der Waals surface area (Å²) in [5.41, 5.74) is -0.0794. The molecule has 1 aromatic rings. The Morgan fingerprint density at radius 3 is 2.71 bits per heavy atom. The maximum atomic E-state index is 11.5. The first-order chi connectivity index (χ1) is 7.88. The molecule has 1 heterocycles. The monoisotopic (exact) mass is 256 g/mol. The molecule has 0 aliphatic carbocycles. The summed E-state index contributed by atoms with van der Waals surface area (Å²) in [4.78, 5) is 22.8. The number of nitrogens with zero attached hydrogens (tertiary/aromatic N) is 1. The van der Waals surface area contributed by atoms with Gasteiger partial charge < -0.3 is 10.1 Å². The molecule has 0 atom stereocenters. The van der Waals surface area contributed by atoms with E-state index in [1.54, 1.807) is 32.2 Å². The van der Waals surface area contributed by atoms with Crippen molar-refractivity contribution < 1.29 is 14.3 Å². The standard InChI is InChI=1S/C11H16N2O3S/c1-11(2,3)16-10(15)12-6-4-9(14)8-5-7-17-13-8/h5,7H,4,6H2,1-3H3,(H,12,15). The van der Waals surface area contributed by atoms with Gasteiger partial charge in [-0.3, -0.25) is 4.79 Å². The van der Waals surface area contributed by atoms with Crippen molar-refractivity contribution in [2.45, 2.75) is 32.8 Å². The molecule has 1 N–H and O–H groups in total. The van der Waals surface area contributed by atoms with E-state index in [1.807, 2.05) is 0 Å². The molecule has 0 fully saturated rings. The van der Waals surface area contributed by atoms with E-state index >= 15 is 0 Å². The average molecular weight is 256 g/mol. The Morgan fingerprint density at radius 2 is 2.18 bits per heavy atom. The van der Waals surface area contributed by atoms with E-state index in [0.717, 1.165) is 0 Å². The molecule has 0 radical (unpaired) electrons. The third-order valence-corrected chi connectivity index (χ3v) is 2.30. The molecule has 5 nitrogen and oxygen atoms in total. The zero-order valence-corrected chi connectivity index (χ0v) is 11.0. The highest BCUT2D eigenvalue weighted by molar-refractivity contribution is 7.03. The van der Waals surface area contributed by atoms with Crippen LogP contribution >= 0.6 is 11.5 Å². The second kappa shape index (κ2) is 5.77. The molecular formula is C11H16N2O3S. The Bertz CT molecular complexity index is 382. The van der Waals surface area contributed by atoms with Crippen LogP contribution in [0.1, 0.15) is 37.7 Å². The summed E-state index contributed by atoms with van der Waals surface area (Å²) in [5, 5.41) is 4.27. The number of aromatic nitrogens is 1. The van der Waals surface area contributed by atoms with Crippen LogP contribution in [-0.4, -0.2) is 28.4 Å². The van der Waals surface area contributed by atoms with E-state index in [0.29, 0.717) is 5.69 Å². The summed E-state index contributed by atoms with van der Waals surface area (Å²) in [6.07, 6.45) is -0.285. The van der Waals surface area contributed by atoms with Crippen LogP contribution in [0.15, 0.2) is 11.4 Å². The number of carbonyl (C=O) groups is 2. The lowest BCUT2D eigenvalue weighted by molar-refractivity contribution is 0.0527. The molecule has 0 unspecified atom stereocenters. The lowest BCUT2D eigenvalue weighted by Gasteiger charge is -2.19. The van der Waals surface area contributed by atoms with Crippen molar-refractivity contribution in [1.29, 1.82) is 0 Å². The molecule has 17 heavy (non-hydrogen) atoms. The molecule has 0 bridgehead atoms. The van der Waals surface area contributed by atoms with E-state index in [2.05, 4.69) is 9.69 Å². The number of amides is 1. The van der Waals surface area contributed by atoms with Crippen LogP contribution in [0.4, 0.5) is 4.79 Å². The van der Waals surface area contributed by atoms with Crippen LogP contribution < -0.4 is 5.32 Å². The van der Waals surface area contributed by atoms with Crippen LogP contribution in [0.5, 0.6) is 0 Å². The first kappa shape index (κ1) is 13.6. The summed E-state index contributed by atoms with van der Waals surface area (Å²) >= 11 is 1.23. The number of hydrogen-bond donors (Lipinski definition) is 1. The van der Waals surface area contributed by atoms with Gasteiger partial charge in [0.25, 0.3) is 0 Å². The minimum absolute atomic E-state index is 0.0812. The first-order valence-electron chi connectivity index (χ1n) is 5.29. The van der Waals surface area contributed by atoms with Crippen LogP contribution in [0.2, 0.25) is 0 Å². The van der Waals surface area contributed by atoms with Gasteiger partial charge in [0, 0.05) is 18.3 Å².